The van der Waals surface area contributed by atoms with Crippen molar-refractivity contribution in [3.8, 4) is 0 Å². The maximum absolute atomic E-state index is 12.4. The van der Waals surface area contributed by atoms with Gasteiger partial charge in [0.15, 0.2) is 5.88 Å². The van der Waals surface area contributed by atoms with Gasteiger partial charge in [-0.05, 0) is 38.5 Å². The zero-order chi connectivity index (χ0) is 26.4. The van der Waals surface area contributed by atoms with Crippen LogP contribution in [0.5, 0.6) is 0 Å². The number of halogens is 1. The molecule has 36 heavy (non-hydrogen) atoms. The Hall–Kier alpha value is -2.21. The fraction of sp³-hybridized carbons (Fsp3) is 0.655. The summed E-state index contributed by atoms with van der Waals surface area (Å²) in [6.07, 6.45) is 18.4. The molecule has 0 atom stereocenters. The first kappa shape index (κ1) is 31.8. The van der Waals surface area contributed by atoms with E-state index in [0.717, 1.165) is 12.8 Å². The van der Waals surface area contributed by atoms with Crippen LogP contribution in [0.3, 0.4) is 0 Å². The molecule has 0 radical (unpaired) electrons. The third-order valence-electron chi connectivity index (χ3n) is 5.85. The number of esters is 1. The average Bonchev–Trinajstić information content (AvgIpc) is 2.84. The highest BCUT2D eigenvalue weighted by atomic mass is 35.5. The van der Waals surface area contributed by atoms with Crippen molar-refractivity contribution >= 4 is 34.9 Å². The second-order valence-electron chi connectivity index (χ2n) is 9.05. The van der Waals surface area contributed by atoms with E-state index in [4.69, 9.17) is 21.1 Å². The van der Waals surface area contributed by atoms with Crippen molar-refractivity contribution in [1.82, 2.24) is 0 Å². The van der Waals surface area contributed by atoms with Gasteiger partial charge in [0, 0.05) is 12.1 Å². The van der Waals surface area contributed by atoms with E-state index >= 15 is 0 Å². The standard InChI is InChI=1S/C29H47ClN2O4/c1-4-7-8-9-10-11-12-13-14-15-16-17-18-19-27(33)31-24-20-21-25(30)26(22-24)32-28(35-5-2)23-29(34)36-6-3/h20-23,32H,4-19H2,1-3H3,(H,31,33)/b28-23-. The van der Waals surface area contributed by atoms with Crippen LogP contribution in [0.2, 0.25) is 5.02 Å². The maximum atomic E-state index is 12.4. The molecule has 0 heterocycles. The largest absolute Gasteiger partial charge is 0.479 e. The monoisotopic (exact) mass is 522 g/mol. The summed E-state index contributed by atoms with van der Waals surface area (Å²) >= 11 is 6.30. The highest BCUT2D eigenvalue weighted by Crippen LogP contribution is 2.27. The van der Waals surface area contributed by atoms with Gasteiger partial charge in [-0.25, -0.2) is 4.79 Å². The number of hydrogen-bond donors (Lipinski definition) is 2. The van der Waals surface area contributed by atoms with E-state index in [1.165, 1.54) is 76.7 Å². The lowest BCUT2D eigenvalue weighted by Gasteiger charge is -2.14. The van der Waals surface area contributed by atoms with Gasteiger partial charge in [0.25, 0.3) is 0 Å². The summed E-state index contributed by atoms with van der Waals surface area (Å²) in [5.74, 6) is -0.293. The zero-order valence-corrected chi connectivity index (χ0v) is 23.4. The number of carbonyl (C=O) groups excluding carboxylic acids is 2. The van der Waals surface area contributed by atoms with E-state index in [1.54, 1.807) is 25.1 Å². The zero-order valence-electron chi connectivity index (χ0n) is 22.6. The van der Waals surface area contributed by atoms with Gasteiger partial charge < -0.3 is 20.1 Å². The first-order chi connectivity index (χ1) is 17.5. The first-order valence-electron chi connectivity index (χ1n) is 13.9. The molecule has 0 aromatic heterocycles. The van der Waals surface area contributed by atoms with Crippen molar-refractivity contribution in [3.63, 3.8) is 0 Å². The molecule has 1 amide bonds. The topological polar surface area (TPSA) is 76.7 Å². The van der Waals surface area contributed by atoms with Crippen LogP contribution in [0.4, 0.5) is 11.4 Å². The molecule has 0 spiro atoms. The molecule has 204 valence electrons. The van der Waals surface area contributed by atoms with E-state index in [0.29, 0.717) is 29.4 Å². The molecule has 1 rings (SSSR count). The number of hydrogen-bond acceptors (Lipinski definition) is 5. The van der Waals surface area contributed by atoms with Crippen LogP contribution in [0.25, 0.3) is 0 Å². The van der Waals surface area contributed by atoms with Crippen molar-refractivity contribution in [1.29, 1.82) is 0 Å². The Morgan fingerprint density at radius 3 is 1.89 bits per heavy atom. The SMILES string of the molecule is CCCCCCCCCCCCCCCC(=O)Nc1ccc(Cl)c(N/C(=C/C(=O)OCC)OCC)c1. The van der Waals surface area contributed by atoms with Crippen LogP contribution in [0.1, 0.15) is 111 Å². The van der Waals surface area contributed by atoms with E-state index in [2.05, 4.69) is 17.6 Å². The fourth-order valence-electron chi connectivity index (χ4n) is 3.92. The van der Waals surface area contributed by atoms with Gasteiger partial charge in [-0.3, -0.25) is 4.79 Å². The molecule has 2 N–H and O–H groups in total. The molecule has 7 heteroatoms. The van der Waals surface area contributed by atoms with Crippen molar-refractivity contribution in [2.75, 3.05) is 23.8 Å². The van der Waals surface area contributed by atoms with Crippen molar-refractivity contribution in [2.24, 2.45) is 0 Å². The second kappa shape index (κ2) is 20.9. The number of unbranched alkanes of at least 4 members (excludes halogenated alkanes) is 12. The Labute approximate surface area is 223 Å². The van der Waals surface area contributed by atoms with Crippen molar-refractivity contribution in [2.45, 2.75) is 111 Å². The lowest BCUT2D eigenvalue weighted by atomic mass is 10.0. The third kappa shape index (κ3) is 15.7. The number of nitrogens with one attached hydrogen (secondary N) is 2. The Morgan fingerprint density at radius 1 is 0.778 bits per heavy atom. The Kier molecular flexibility index (Phi) is 18.5. The number of anilines is 2. The number of ether oxygens (including phenoxy) is 2. The molecule has 1 aromatic rings. The number of rotatable bonds is 21. The van der Waals surface area contributed by atoms with Crippen molar-refractivity contribution in [3.05, 3.63) is 35.2 Å². The van der Waals surface area contributed by atoms with Gasteiger partial charge in [0.1, 0.15) is 0 Å². The van der Waals surface area contributed by atoms with Crippen LogP contribution in [0, 0.1) is 0 Å². The van der Waals surface area contributed by atoms with Gasteiger partial charge in [-0.15, -0.1) is 0 Å². The smallest absolute Gasteiger partial charge is 0.336 e. The summed E-state index contributed by atoms with van der Waals surface area (Å²) in [6, 6.07) is 5.17. The summed E-state index contributed by atoms with van der Waals surface area (Å²) in [6.45, 7) is 6.45. The second-order valence-corrected chi connectivity index (χ2v) is 9.46. The molecule has 0 saturated heterocycles. The number of benzene rings is 1. The van der Waals surface area contributed by atoms with E-state index in [-0.39, 0.29) is 18.4 Å². The Balaban J connectivity index is 2.31. The van der Waals surface area contributed by atoms with E-state index < -0.39 is 5.97 Å². The lowest BCUT2D eigenvalue weighted by molar-refractivity contribution is -0.137. The summed E-state index contributed by atoms with van der Waals surface area (Å²) in [4.78, 5) is 24.2. The van der Waals surface area contributed by atoms with E-state index in [1.807, 2.05) is 6.92 Å². The van der Waals surface area contributed by atoms with Gasteiger partial charge in [-0.1, -0.05) is 95.6 Å². The van der Waals surface area contributed by atoms with Gasteiger partial charge in [0.2, 0.25) is 5.91 Å². The predicted octanol–water partition coefficient (Wildman–Crippen LogP) is 8.61. The molecule has 0 aliphatic rings. The molecule has 1 aromatic carbocycles. The Bertz CT molecular complexity index is 783. The number of amides is 1. The maximum Gasteiger partial charge on any atom is 0.336 e. The first-order valence-corrected chi connectivity index (χ1v) is 14.3. The summed E-state index contributed by atoms with van der Waals surface area (Å²) in [7, 11) is 0. The van der Waals surface area contributed by atoms with Crippen LogP contribution >= 0.6 is 11.6 Å². The molecule has 0 aliphatic heterocycles. The molecular formula is C29H47ClN2O4. The van der Waals surface area contributed by atoms with Crippen LogP contribution in [0.15, 0.2) is 30.2 Å². The molecule has 0 unspecified atom stereocenters. The summed E-state index contributed by atoms with van der Waals surface area (Å²) < 4.78 is 10.4. The van der Waals surface area contributed by atoms with Crippen LogP contribution < -0.4 is 10.6 Å². The van der Waals surface area contributed by atoms with Crippen molar-refractivity contribution < 1.29 is 19.1 Å². The average molecular weight is 523 g/mol. The predicted molar refractivity (Wildman–Crippen MR) is 150 cm³/mol. The molecule has 0 bridgehead atoms. The lowest BCUT2D eigenvalue weighted by Crippen LogP contribution is -2.12. The van der Waals surface area contributed by atoms with Crippen LogP contribution in [-0.2, 0) is 19.1 Å². The van der Waals surface area contributed by atoms with Gasteiger partial charge in [0.05, 0.1) is 30.0 Å². The fourth-order valence-corrected chi connectivity index (χ4v) is 4.08. The molecule has 0 saturated carbocycles. The minimum Gasteiger partial charge on any atom is -0.479 e. The quantitative estimate of drug-likeness (QED) is 0.0731. The minimum absolute atomic E-state index is 0.0153. The summed E-state index contributed by atoms with van der Waals surface area (Å²) in [5, 5.41) is 6.37. The van der Waals surface area contributed by atoms with E-state index in [9.17, 15) is 9.59 Å². The Morgan fingerprint density at radius 2 is 1.33 bits per heavy atom. The highest BCUT2D eigenvalue weighted by molar-refractivity contribution is 6.33. The number of carbonyl (C=O) groups is 2. The molecule has 0 aliphatic carbocycles. The van der Waals surface area contributed by atoms with Crippen LogP contribution in [-0.4, -0.2) is 25.1 Å². The minimum atomic E-state index is -0.508. The molecule has 0 fully saturated rings. The normalized spacial score (nSPS) is 11.3. The summed E-state index contributed by atoms with van der Waals surface area (Å²) in [5.41, 5.74) is 1.16. The molecular weight excluding hydrogens is 476 g/mol. The third-order valence-corrected chi connectivity index (χ3v) is 6.18. The van der Waals surface area contributed by atoms with Gasteiger partial charge >= 0.3 is 5.97 Å². The van der Waals surface area contributed by atoms with Gasteiger partial charge in [-0.2, -0.15) is 0 Å². The highest BCUT2D eigenvalue weighted by Gasteiger charge is 2.10. The molecule has 6 nitrogen and oxygen atoms in total.